The summed E-state index contributed by atoms with van der Waals surface area (Å²) in [6.45, 7) is 2.47. The van der Waals surface area contributed by atoms with Crippen molar-refractivity contribution in [2.45, 2.75) is 70.3 Å². The minimum Gasteiger partial charge on any atom is -0.341 e. The molecule has 3 fully saturated rings. The molecular weight excluding hydrogens is 348 g/mol. The van der Waals surface area contributed by atoms with E-state index in [1.54, 1.807) is 0 Å². The van der Waals surface area contributed by atoms with Crippen LogP contribution in [0.1, 0.15) is 63.4 Å². The van der Waals surface area contributed by atoms with E-state index in [0.717, 1.165) is 77.4 Å². The number of nitrogens with zero attached hydrogens (tertiary/aromatic N) is 2. The highest BCUT2D eigenvalue weighted by Crippen LogP contribution is 2.30. The van der Waals surface area contributed by atoms with E-state index in [4.69, 9.17) is 0 Å². The Morgan fingerprint density at radius 3 is 2.21 bits per heavy atom. The van der Waals surface area contributed by atoms with Crippen molar-refractivity contribution in [1.29, 1.82) is 0 Å². The minimum absolute atomic E-state index is 0.166. The van der Waals surface area contributed by atoms with Crippen molar-refractivity contribution in [3.05, 3.63) is 35.9 Å². The fraction of sp³-hybridized carbons (Fsp3) is 0.667. The molecule has 4 nitrogen and oxygen atoms in total. The fourth-order valence-electron chi connectivity index (χ4n) is 5.39. The van der Waals surface area contributed by atoms with Gasteiger partial charge in [-0.1, -0.05) is 49.6 Å². The lowest BCUT2D eigenvalue weighted by atomic mass is 9.88. The Kier molecular flexibility index (Phi) is 6.33. The summed E-state index contributed by atoms with van der Waals surface area (Å²) < 4.78 is 0. The Morgan fingerprint density at radius 1 is 0.786 bits per heavy atom. The summed E-state index contributed by atoms with van der Waals surface area (Å²) in [6, 6.07) is 10.5. The molecule has 3 aliphatic rings. The van der Waals surface area contributed by atoms with E-state index >= 15 is 0 Å². The monoisotopic (exact) mass is 382 g/mol. The van der Waals surface area contributed by atoms with Crippen LogP contribution in [-0.4, -0.2) is 47.3 Å². The molecule has 1 aliphatic carbocycles. The zero-order valence-electron chi connectivity index (χ0n) is 17.0. The smallest absolute Gasteiger partial charge is 0.245 e. The quantitative estimate of drug-likeness (QED) is 0.788. The average molecular weight is 383 g/mol. The van der Waals surface area contributed by atoms with Crippen molar-refractivity contribution in [2.24, 2.45) is 11.8 Å². The second-order valence-corrected chi connectivity index (χ2v) is 8.98. The summed E-state index contributed by atoms with van der Waals surface area (Å²) in [7, 11) is 0. The molecule has 0 radical (unpaired) electrons. The molecule has 1 saturated carbocycles. The van der Waals surface area contributed by atoms with E-state index in [0.29, 0.717) is 5.92 Å². The van der Waals surface area contributed by atoms with Crippen molar-refractivity contribution < 1.29 is 9.59 Å². The van der Waals surface area contributed by atoms with Gasteiger partial charge in [-0.15, -0.1) is 0 Å². The zero-order chi connectivity index (χ0) is 19.3. The van der Waals surface area contributed by atoms with Gasteiger partial charge >= 0.3 is 0 Å². The van der Waals surface area contributed by atoms with E-state index in [-0.39, 0.29) is 23.8 Å². The highest BCUT2D eigenvalue weighted by molar-refractivity contribution is 5.89. The van der Waals surface area contributed by atoms with E-state index in [1.165, 1.54) is 12.0 Å². The van der Waals surface area contributed by atoms with Crippen LogP contribution in [0.5, 0.6) is 0 Å². The third-order valence-corrected chi connectivity index (χ3v) is 7.07. The van der Waals surface area contributed by atoms with Crippen LogP contribution in [-0.2, 0) is 16.0 Å². The summed E-state index contributed by atoms with van der Waals surface area (Å²) in [6.07, 6.45) is 10.7. The lowest BCUT2D eigenvalue weighted by Crippen LogP contribution is -2.51. The van der Waals surface area contributed by atoms with Crippen molar-refractivity contribution in [2.75, 3.05) is 19.6 Å². The lowest BCUT2D eigenvalue weighted by Gasteiger charge is -2.36. The van der Waals surface area contributed by atoms with Crippen LogP contribution < -0.4 is 0 Å². The van der Waals surface area contributed by atoms with Gasteiger partial charge in [0.1, 0.15) is 6.04 Å². The van der Waals surface area contributed by atoms with Crippen LogP contribution in [0, 0.1) is 11.8 Å². The molecule has 1 aromatic carbocycles. The second-order valence-electron chi connectivity index (χ2n) is 8.98. The maximum absolute atomic E-state index is 13.2. The predicted molar refractivity (Wildman–Crippen MR) is 111 cm³/mol. The number of piperidine rings is 1. The van der Waals surface area contributed by atoms with Crippen LogP contribution in [0.25, 0.3) is 0 Å². The number of carbonyl (C=O) groups is 2. The van der Waals surface area contributed by atoms with Crippen molar-refractivity contribution >= 4 is 11.8 Å². The molecule has 2 amide bonds. The van der Waals surface area contributed by atoms with Crippen molar-refractivity contribution in [3.63, 3.8) is 0 Å². The molecule has 0 spiro atoms. The topological polar surface area (TPSA) is 40.6 Å². The summed E-state index contributed by atoms with van der Waals surface area (Å²) in [5, 5.41) is 0. The first-order valence-corrected chi connectivity index (χ1v) is 11.4. The molecular formula is C24H34N2O2. The standard InChI is InChI=1S/C24H34N2O2/c27-23(21-10-5-2-6-11-21)26-15-7-12-22(26)24(28)25-16-13-20(14-17-25)18-19-8-3-1-4-9-19/h1,3-4,8-9,20-22H,2,5-7,10-18H2. The predicted octanol–water partition coefficient (Wildman–Crippen LogP) is 4.04. The Bertz CT molecular complexity index is 660. The largest absolute Gasteiger partial charge is 0.341 e. The van der Waals surface area contributed by atoms with E-state index < -0.39 is 0 Å². The molecule has 2 saturated heterocycles. The van der Waals surface area contributed by atoms with Gasteiger partial charge in [0.05, 0.1) is 0 Å². The average Bonchev–Trinajstić information content (AvgIpc) is 3.24. The maximum Gasteiger partial charge on any atom is 0.245 e. The molecule has 4 heteroatoms. The van der Waals surface area contributed by atoms with Gasteiger partial charge in [-0.25, -0.2) is 0 Å². The highest BCUT2D eigenvalue weighted by atomic mass is 16.2. The summed E-state index contributed by atoms with van der Waals surface area (Å²) in [4.78, 5) is 30.2. The van der Waals surface area contributed by atoms with Gasteiger partial charge in [-0.2, -0.15) is 0 Å². The van der Waals surface area contributed by atoms with Gasteiger partial charge in [0, 0.05) is 25.6 Å². The third kappa shape index (κ3) is 4.42. The van der Waals surface area contributed by atoms with Crippen LogP contribution >= 0.6 is 0 Å². The number of benzene rings is 1. The summed E-state index contributed by atoms with van der Waals surface area (Å²) >= 11 is 0. The molecule has 2 aliphatic heterocycles. The Balaban J connectivity index is 1.31. The lowest BCUT2D eigenvalue weighted by molar-refractivity contribution is -0.147. The third-order valence-electron chi connectivity index (χ3n) is 7.07. The molecule has 1 unspecified atom stereocenters. The van der Waals surface area contributed by atoms with Gasteiger partial charge in [-0.05, 0) is 56.4 Å². The van der Waals surface area contributed by atoms with Crippen LogP contribution in [0.15, 0.2) is 30.3 Å². The molecule has 1 aromatic rings. The Morgan fingerprint density at radius 2 is 1.50 bits per heavy atom. The number of rotatable bonds is 4. The molecule has 0 aromatic heterocycles. The first-order valence-electron chi connectivity index (χ1n) is 11.4. The Hall–Kier alpha value is -1.84. The minimum atomic E-state index is -0.194. The zero-order valence-corrected chi connectivity index (χ0v) is 17.0. The van der Waals surface area contributed by atoms with Crippen LogP contribution in [0.2, 0.25) is 0 Å². The van der Waals surface area contributed by atoms with Gasteiger partial charge in [0.25, 0.3) is 0 Å². The first-order chi connectivity index (χ1) is 13.7. The molecule has 0 N–H and O–H groups in total. The SMILES string of the molecule is O=C(C1CCCN1C(=O)C1CCCCC1)N1CCC(Cc2ccccc2)CC1. The van der Waals surface area contributed by atoms with E-state index in [1.807, 2.05) is 9.80 Å². The number of amides is 2. The summed E-state index contributed by atoms with van der Waals surface area (Å²) in [5.74, 6) is 1.29. The van der Waals surface area contributed by atoms with Gasteiger partial charge in [-0.3, -0.25) is 9.59 Å². The number of hydrogen-bond acceptors (Lipinski definition) is 2. The molecule has 28 heavy (non-hydrogen) atoms. The molecule has 1 atom stereocenters. The molecule has 2 heterocycles. The Labute approximate surface area is 169 Å². The van der Waals surface area contributed by atoms with Crippen LogP contribution in [0.4, 0.5) is 0 Å². The fourth-order valence-corrected chi connectivity index (χ4v) is 5.39. The van der Waals surface area contributed by atoms with E-state index in [2.05, 4.69) is 30.3 Å². The molecule has 152 valence electrons. The van der Waals surface area contributed by atoms with Gasteiger partial charge in [0.2, 0.25) is 11.8 Å². The normalized spacial score (nSPS) is 24.5. The van der Waals surface area contributed by atoms with Gasteiger partial charge in [0.15, 0.2) is 0 Å². The number of carbonyl (C=O) groups excluding carboxylic acids is 2. The van der Waals surface area contributed by atoms with Crippen LogP contribution in [0.3, 0.4) is 0 Å². The van der Waals surface area contributed by atoms with Crippen molar-refractivity contribution in [3.8, 4) is 0 Å². The highest BCUT2D eigenvalue weighted by Gasteiger charge is 2.39. The molecule has 4 rings (SSSR count). The number of likely N-dealkylation sites (tertiary alicyclic amines) is 2. The van der Waals surface area contributed by atoms with Crippen molar-refractivity contribution in [1.82, 2.24) is 9.80 Å². The summed E-state index contributed by atoms with van der Waals surface area (Å²) in [5.41, 5.74) is 1.40. The molecule has 0 bridgehead atoms. The number of hydrogen-bond donors (Lipinski definition) is 0. The first kappa shape index (κ1) is 19.5. The second kappa shape index (κ2) is 9.11. The maximum atomic E-state index is 13.2. The van der Waals surface area contributed by atoms with E-state index in [9.17, 15) is 9.59 Å². The van der Waals surface area contributed by atoms with Gasteiger partial charge < -0.3 is 9.80 Å².